The summed E-state index contributed by atoms with van der Waals surface area (Å²) < 4.78 is 26.1. The van der Waals surface area contributed by atoms with E-state index in [0.717, 1.165) is 31.4 Å². The van der Waals surface area contributed by atoms with Gasteiger partial charge in [0.2, 0.25) is 0 Å². The van der Waals surface area contributed by atoms with Crippen molar-refractivity contribution >= 4 is 0 Å². The first-order chi connectivity index (χ1) is 8.42. The molecular weight excluding hydrogens is 234 g/mol. The van der Waals surface area contributed by atoms with E-state index >= 15 is 0 Å². The summed E-state index contributed by atoms with van der Waals surface area (Å²) in [6.07, 6.45) is 3.56. The van der Waals surface area contributed by atoms with Gasteiger partial charge < -0.3 is 5.11 Å². The van der Waals surface area contributed by atoms with Crippen molar-refractivity contribution in [2.24, 2.45) is 11.3 Å². The Balaban J connectivity index is 2.24. The maximum atomic E-state index is 13.2. The Morgan fingerprint density at radius 2 is 1.94 bits per heavy atom. The van der Waals surface area contributed by atoms with Crippen molar-refractivity contribution in [3.8, 4) is 0 Å². The standard InChI is InChI=1S/C15H20F2O/c1-15(2)8-4-3-5-11(15)14(18)10-6-7-12(16)13(17)9-10/h6-7,9,11,14,18H,3-5,8H2,1-2H3. The van der Waals surface area contributed by atoms with E-state index in [9.17, 15) is 13.9 Å². The summed E-state index contributed by atoms with van der Waals surface area (Å²) in [5.74, 6) is -1.65. The zero-order valence-corrected chi connectivity index (χ0v) is 10.9. The van der Waals surface area contributed by atoms with Gasteiger partial charge in [0, 0.05) is 0 Å². The highest BCUT2D eigenvalue weighted by Crippen LogP contribution is 2.46. The molecule has 1 aromatic carbocycles. The van der Waals surface area contributed by atoms with Gasteiger partial charge in [-0.1, -0.05) is 32.8 Å². The number of halogens is 2. The lowest BCUT2D eigenvalue weighted by Gasteiger charge is -2.41. The molecule has 1 aliphatic rings. The highest BCUT2D eigenvalue weighted by molar-refractivity contribution is 5.21. The average Bonchev–Trinajstić information content (AvgIpc) is 2.31. The fourth-order valence-electron chi connectivity index (χ4n) is 3.03. The summed E-state index contributed by atoms with van der Waals surface area (Å²) in [4.78, 5) is 0. The smallest absolute Gasteiger partial charge is 0.159 e. The van der Waals surface area contributed by atoms with Crippen LogP contribution in [0.3, 0.4) is 0 Å². The van der Waals surface area contributed by atoms with Crippen LogP contribution < -0.4 is 0 Å². The Bertz CT molecular complexity index is 429. The van der Waals surface area contributed by atoms with Crippen LogP contribution in [0.5, 0.6) is 0 Å². The van der Waals surface area contributed by atoms with Gasteiger partial charge in [-0.2, -0.15) is 0 Å². The second-order valence-electron chi connectivity index (χ2n) is 5.96. The van der Waals surface area contributed by atoms with Gasteiger partial charge in [-0.05, 0) is 41.9 Å². The normalized spacial score (nSPS) is 24.8. The van der Waals surface area contributed by atoms with E-state index in [1.165, 1.54) is 12.5 Å². The molecule has 2 unspecified atom stereocenters. The molecule has 0 aliphatic heterocycles. The molecule has 0 heterocycles. The van der Waals surface area contributed by atoms with E-state index in [2.05, 4.69) is 13.8 Å². The molecule has 1 aliphatic carbocycles. The summed E-state index contributed by atoms with van der Waals surface area (Å²) in [5, 5.41) is 10.4. The third-order valence-electron chi connectivity index (χ3n) is 4.26. The Morgan fingerprint density at radius 1 is 1.22 bits per heavy atom. The van der Waals surface area contributed by atoms with Gasteiger partial charge in [-0.15, -0.1) is 0 Å². The Labute approximate surface area is 107 Å². The van der Waals surface area contributed by atoms with Gasteiger partial charge in [-0.3, -0.25) is 0 Å². The van der Waals surface area contributed by atoms with Crippen molar-refractivity contribution in [3.05, 3.63) is 35.4 Å². The molecule has 1 nitrogen and oxygen atoms in total. The lowest BCUT2D eigenvalue weighted by molar-refractivity contribution is 0.00365. The molecule has 1 fully saturated rings. The number of rotatable bonds is 2. The topological polar surface area (TPSA) is 20.2 Å². The average molecular weight is 254 g/mol. The molecule has 2 atom stereocenters. The molecule has 1 N–H and O–H groups in total. The van der Waals surface area contributed by atoms with E-state index in [1.807, 2.05) is 0 Å². The number of aliphatic hydroxyl groups is 1. The van der Waals surface area contributed by atoms with Gasteiger partial charge in [0.05, 0.1) is 6.10 Å². The van der Waals surface area contributed by atoms with Crippen molar-refractivity contribution < 1.29 is 13.9 Å². The van der Waals surface area contributed by atoms with E-state index in [-0.39, 0.29) is 11.3 Å². The van der Waals surface area contributed by atoms with E-state index in [4.69, 9.17) is 0 Å². The zero-order chi connectivity index (χ0) is 13.3. The first kappa shape index (κ1) is 13.5. The van der Waals surface area contributed by atoms with Crippen LogP contribution in [0.25, 0.3) is 0 Å². The SMILES string of the molecule is CC1(C)CCCCC1C(O)c1ccc(F)c(F)c1. The fourth-order valence-corrected chi connectivity index (χ4v) is 3.03. The van der Waals surface area contributed by atoms with Gasteiger partial charge in [0.25, 0.3) is 0 Å². The largest absolute Gasteiger partial charge is 0.388 e. The minimum atomic E-state index is -0.889. The molecular formula is C15H20F2O. The van der Waals surface area contributed by atoms with E-state index in [0.29, 0.717) is 5.56 Å². The van der Waals surface area contributed by atoms with Crippen LogP contribution in [0.15, 0.2) is 18.2 Å². The molecule has 18 heavy (non-hydrogen) atoms. The molecule has 0 aromatic heterocycles. The summed E-state index contributed by atoms with van der Waals surface area (Å²) in [7, 11) is 0. The van der Waals surface area contributed by atoms with Crippen molar-refractivity contribution in [1.29, 1.82) is 0 Å². The van der Waals surface area contributed by atoms with Crippen LogP contribution in [0, 0.1) is 23.0 Å². The third-order valence-corrected chi connectivity index (χ3v) is 4.26. The van der Waals surface area contributed by atoms with Crippen molar-refractivity contribution in [2.45, 2.75) is 45.6 Å². The Hall–Kier alpha value is -0.960. The van der Waals surface area contributed by atoms with Crippen LogP contribution in [-0.2, 0) is 0 Å². The van der Waals surface area contributed by atoms with Gasteiger partial charge in [0.15, 0.2) is 11.6 Å². The molecule has 0 bridgehead atoms. The molecule has 100 valence electrons. The second kappa shape index (κ2) is 4.96. The van der Waals surface area contributed by atoms with Crippen LogP contribution in [0.1, 0.15) is 51.2 Å². The molecule has 0 radical (unpaired) electrons. The molecule has 1 aromatic rings. The Kier molecular flexibility index (Phi) is 3.71. The molecule has 1 saturated carbocycles. The fraction of sp³-hybridized carbons (Fsp3) is 0.600. The first-order valence-corrected chi connectivity index (χ1v) is 6.55. The quantitative estimate of drug-likeness (QED) is 0.838. The second-order valence-corrected chi connectivity index (χ2v) is 5.96. The van der Waals surface area contributed by atoms with Gasteiger partial charge in [0.1, 0.15) is 0 Å². The minimum absolute atomic E-state index is 0.0442. The predicted molar refractivity (Wildman–Crippen MR) is 67.1 cm³/mol. The minimum Gasteiger partial charge on any atom is -0.388 e. The zero-order valence-electron chi connectivity index (χ0n) is 10.9. The van der Waals surface area contributed by atoms with Crippen LogP contribution >= 0.6 is 0 Å². The lowest BCUT2D eigenvalue weighted by Crippen LogP contribution is -2.32. The molecule has 0 saturated heterocycles. The maximum Gasteiger partial charge on any atom is 0.159 e. The monoisotopic (exact) mass is 254 g/mol. The number of hydrogen-bond acceptors (Lipinski definition) is 1. The van der Waals surface area contributed by atoms with E-state index < -0.39 is 17.7 Å². The number of hydrogen-bond donors (Lipinski definition) is 1. The first-order valence-electron chi connectivity index (χ1n) is 6.55. The number of aliphatic hydroxyl groups excluding tert-OH is 1. The van der Waals surface area contributed by atoms with Crippen molar-refractivity contribution in [1.82, 2.24) is 0 Å². The summed E-state index contributed by atoms with van der Waals surface area (Å²) in [6, 6.07) is 3.68. The predicted octanol–water partition coefficient (Wildman–Crippen LogP) is 4.21. The molecule has 3 heteroatoms. The summed E-state index contributed by atoms with van der Waals surface area (Å²) in [6.45, 7) is 4.28. The van der Waals surface area contributed by atoms with Crippen LogP contribution in [-0.4, -0.2) is 5.11 Å². The van der Waals surface area contributed by atoms with Gasteiger partial charge >= 0.3 is 0 Å². The molecule has 0 spiro atoms. The van der Waals surface area contributed by atoms with Crippen LogP contribution in [0.4, 0.5) is 8.78 Å². The highest BCUT2D eigenvalue weighted by Gasteiger charge is 2.37. The lowest BCUT2D eigenvalue weighted by atomic mass is 9.65. The maximum absolute atomic E-state index is 13.2. The Morgan fingerprint density at radius 3 is 2.56 bits per heavy atom. The van der Waals surface area contributed by atoms with Crippen LogP contribution in [0.2, 0.25) is 0 Å². The number of benzene rings is 1. The molecule has 2 rings (SSSR count). The van der Waals surface area contributed by atoms with Crippen molar-refractivity contribution in [2.75, 3.05) is 0 Å². The highest BCUT2D eigenvalue weighted by atomic mass is 19.2. The summed E-state index contributed by atoms with van der Waals surface area (Å²) in [5.41, 5.74) is 0.525. The van der Waals surface area contributed by atoms with Gasteiger partial charge in [-0.25, -0.2) is 8.78 Å². The third kappa shape index (κ3) is 2.56. The molecule has 0 amide bonds. The van der Waals surface area contributed by atoms with E-state index in [1.54, 1.807) is 0 Å². The van der Waals surface area contributed by atoms with Crippen molar-refractivity contribution in [3.63, 3.8) is 0 Å². The summed E-state index contributed by atoms with van der Waals surface area (Å²) >= 11 is 0.